The molecule has 0 amide bonds. The highest BCUT2D eigenvalue weighted by Crippen LogP contribution is 2.44. The molecule has 2 nitrogen and oxygen atoms in total. The van der Waals surface area contributed by atoms with E-state index in [0.717, 1.165) is 12.2 Å². The molecule has 18 heavy (non-hydrogen) atoms. The summed E-state index contributed by atoms with van der Waals surface area (Å²) in [5, 5.41) is 6.90. The van der Waals surface area contributed by atoms with Gasteiger partial charge in [0, 0.05) is 23.5 Å². The lowest BCUT2D eigenvalue weighted by molar-refractivity contribution is 0.541. The van der Waals surface area contributed by atoms with E-state index in [0.29, 0.717) is 11.5 Å². The molecule has 94 valence electrons. The van der Waals surface area contributed by atoms with Crippen molar-refractivity contribution < 1.29 is 0 Å². The Bertz CT molecular complexity index is 530. The molecule has 0 saturated heterocycles. The smallest absolute Gasteiger partial charge is 0.107 e. The number of nitrogens with zero attached hydrogens (tertiary/aromatic N) is 1. The van der Waals surface area contributed by atoms with Crippen molar-refractivity contribution in [3.8, 4) is 11.3 Å². The second-order valence-electron chi connectivity index (χ2n) is 5.62. The van der Waals surface area contributed by atoms with Gasteiger partial charge in [0.15, 0.2) is 0 Å². The Balaban J connectivity index is 1.64. The third-order valence-electron chi connectivity index (χ3n) is 3.63. The van der Waals surface area contributed by atoms with Crippen LogP contribution in [0.2, 0.25) is 0 Å². The molecular formula is C15H18N2S. The Morgan fingerprint density at radius 1 is 1.33 bits per heavy atom. The third-order valence-corrected chi connectivity index (χ3v) is 4.48. The summed E-state index contributed by atoms with van der Waals surface area (Å²) in [6.07, 6.45) is 1.28. The largest absolute Gasteiger partial charge is 0.307 e. The van der Waals surface area contributed by atoms with Gasteiger partial charge in [0.2, 0.25) is 0 Å². The zero-order chi connectivity index (χ0) is 12.6. The van der Waals surface area contributed by atoms with E-state index >= 15 is 0 Å². The van der Waals surface area contributed by atoms with Gasteiger partial charge in [0.05, 0.1) is 5.69 Å². The zero-order valence-corrected chi connectivity index (χ0v) is 11.6. The SMILES string of the molecule is CC1(C)CC1NCc1nc(-c2ccccc2)cs1. The molecule has 0 spiro atoms. The lowest BCUT2D eigenvalue weighted by Crippen LogP contribution is -2.19. The molecule has 3 rings (SSSR count). The van der Waals surface area contributed by atoms with Gasteiger partial charge in [-0.25, -0.2) is 4.98 Å². The van der Waals surface area contributed by atoms with Crippen LogP contribution in [-0.2, 0) is 6.54 Å². The lowest BCUT2D eigenvalue weighted by atomic mass is 10.2. The number of rotatable bonds is 4. The van der Waals surface area contributed by atoms with E-state index in [1.54, 1.807) is 11.3 Å². The molecule has 1 aliphatic rings. The first-order valence-electron chi connectivity index (χ1n) is 6.38. The first-order chi connectivity index (χ1) is 8.65. The predicted molar refractivity (Wildman–Crippen MR) is 76.6 cm³/mol. The van der Waals surface area contributed by atoms with E-state index in [4.69, 9.17) is 0 Å². The van der Waals surface area contributed by atoms with Crippen molar-refractivity contribution in [1.29, 1.82) is 0 Å². The molecule has 1 unspecified atom stereocenters. The van der Waals surface area contributed by atoms with Crippen molar-refractivity contribution in [3.63, 3.8) is 0 Å². The molecule has 1 aromatic heterocycles. The van der Waals surface area contributed by atoms with Gasteiger partial charge in [0.1, 0.15) is 5.01 Å². The van der Waals surface area contributed by atoms with Crippen molar-refractivity contribution in [2.75, 3.05) is 0 Å². The summed E-state index contributed by atoms with van der Waals surface area (Å²) in [7, 11) is 0. The monoisotopic (exact) mass is 258 g/mol. The Hall–Kier alpha value is -1.19. The first kappa shape index (κ1) is 11.9. The highest BCUT2D eigenvalue weighted by Gasteiger charge is 2.45. The molecule has 1 aromatic carbocycles. The zero-order valence-electron chi connectivity index (χ0n) is 10.8. The molecular weight excluding hydrogens is 240 g/mol. The fourth-order valence-electron chi connectivity index (χ4n) is 2.16. The molecule has 1 fully saturated rings. The van der Waals surface area contributed by atoms with E-state index in [1.165, 1.54) is 17.0 Å². The normalized spacial score (nSPS) is 20.9. The minimum atomic E-state index is 0.486. The van der Waals surface area contributed by atoms with Crippen molar-refractivity contribution in [1.82, 2.24) is 10.3 Å². The summed E-state index contributed by atoms with van der Waals surface area (Å²) in [6.45, 7) is 5.51. The Labute approximate surface area is 112 Å². The lowest BCUT2D eigenvalue weighted by Gasteiger charge is -2.03. The number of aromatic nitrogens is 1. The van der Waals surface area contributed by atoms with Crippen LogP contribution in [0.3, 0.4) is 0 Å². The maximum atomic E-state index is 4.68. The van der Waals surface area contributed by atoms with Crippen LogP contribution >= 0.6 is 11.3 Å². The van der Waals surface area contributed by atoms with Crippen molar-refractivity contribution in [2.24, 2.45) is 5.41 Å². The van der Waals surface area contributed by atoms with Crippen LogP contribution in [-0.4, -0.2) is 11.0 Å². The molecule has 1 saturated carbocycles. The Morgan fingerprint density at radius 2 is 2.06 bits per heavy atom. The highest BCUT2D eigenvalue weighted by atomic mass is 32.1. The summed E-state index contributed by atoms with van der Waals surface area (Å²) in [5.41, 5.74) is 2.78. The number of thiazole rings is 1. The Kier molecular flexibility index (Phi) is 2.96. The van der Waals surface area contributed by atoms with E-state index in [2.05, 4.69) is 53.8 Å². The quantitative estimate of drug-likeness (QED) is 0.904. The molecule has 0 bridgehead atoms. The van der Waals surface area contributed by atoms with E-state index in [-0.39, 0.29) is 0 Å². The van der Waals surface area contributed by atoms with Gasteiger partial charge in [-0.2, -0.15) is 0 Å². The van der Waals surface area contributed by atoms with Crippen molar-refractivity contribution >= 4 is 11.3 Å². The second kappa shape index (κ2) is 4.48. The van der Waals surface area contributed by atoms with Crippen molar-refractivity contribution in [3.05, 3.63) is 40.7 Å². The summed E-state index contributed by atoms with van der Waals surface area (Å²) < 4.78 is 0. The Morgan fingerprint density at radius 3 is 2.72 bits per heavy atom. The second-order valence-corrected chi connectivity index (χ2v) is 6.56. The summed E-state index contributed by atoms with van der Waals surface area (Å²) in [4.78, 5) is 4.68. The fraction of sp³-hybridized carbons (Fsp3) is 0.400. The third kappa shape index (κ3) is 2.47. The maximum absolute atomic E-state index is 4.68. The van der Waals surface area contributed by atoms with E-state index in [1.807, 2.05) is 6.07 Å². The number of benzene rings is 1. The fourth-order valence-corrected chi connectivity index (χ4v) is 2.91. The summed E-state index contributed by atoms with van der Waals surface area (Å²) >= 11 is 1.74. The molecule has 1 N–H and O–H groups in total. The van der Waals surface area contributed by atoms with Crippen LogP contribution in [0.4, 0.5) is 0 Å². The predicted octanol–water partition coefficient (Wildman–Crippen LogP) is 3.70. The van der Waals surface area contributed by atoms with Crippen LogP contribution in [0, 0.1) is 5.41 Å². The molecule has 2 aromatic rings. The molecule has 3 heteroatoms. The van der Waals surface area contributed by atoms with Gasteiger partial charge in [-0.05, 0) is 11.8 Å². The van der Waals surface area contributed by atoms with Gasteiger partial charge in [0.25, 0.3) is 0 Å². The van der Waals surface area contributed by atoms with Crippen LogP contribution in [0.15, 0.2) is 35.7 Å². The maximum Gasteiger partial charge on any atom is 0.107 e. The minimum absolute atomic E-state index is 0.486. The number of nitrogens with one attached hydrogen (secondary N) is 1. The van der Waals surface area contributed by atoms with Gasteiger partial charge in [-0.15, -0.1) is 11.3 Å². The highest BCUT2D eigenvalue weighted by molar-refractivity contribution is 7.09. The van der Waals surface area contributed by atoms with Gasteiger partial charge >= 0.3 is 0 Å². The van der Waals surface area contributed by atoms with E-state index < -0.39 is 0 Å². The van der Waals surface area contributed by atoms with Gasteiger partial charge < -0.3 is 5.32 Å². The molecule has 1 atom stereocenters. The van der Waals surface area contributed by atoms with Crippen LogP contribution in [0.25, 0.3) is 11.3 Å². The van der Waals surface area contributed by atoms with E-state index in [9.17, 15) is 0 Å². The average molecular weight is 258 g/mol. The number of hydrogen-bond acceptors (Lipinski definition) is 3. The average Bonchev–Trinajstić information content (AvgIpc) is 2.79. The molecule has 0 aliphatic heterocycles. The topological polar surface area (TPSA) is 24.9 Å². The van der Waals surface area contributed by atoms with Crippen molar-refractivity contribution in [2.45, 2.75) is 32.9 Å². The van der Waals surface area contributed by atoms with Crippen LogP contribution in [0.1, 0.15) is 25.3 Å². The molecule has 0 radical (unpaired) electrons. The number of hydrogen-bond donors (Lipinski definition) is 1. The van der Waals surface area contributed by atoms with Gasteiger partial charge in [-0.3, -0.25) is 0 Å². The standard InChI is InChI=1S/C15H18N2S/c1-15(2)8-13(15)16-9-14-17-12(10-18-14)11-6-4-3-5-7-11/h3-7,10,13,16H,8-9H2,1-2H3. The first-order valence-corrected chi connectivity index (χ1v) is 7.26. The molecule has 1 aliphatic carbocycles. The van der Waals surface area contributed by atoms with Crippen LogP contribution in [0.5, 0.6) is 0 Å². The summed E-state index contributed by atoms with van der Waals surface area (Å²) in [6, 6.07) is 11.0. The molecule has 1 heterocycles. The van der Waals surface area contributed by atoms with Gasteiger partial charge in [-0.1, -0.05) is 44.2 Å². The minimum Gasteiger partial charge on any atom is -0.307 e. The summed E-state index contributed by atoms with van der Waals surface area (Å²) in [5.74, 6) is 0. The van der Waals surface area contributed by atoms with Crippen LogP contribution < -0.4 is 5.32 Å².